The highest BCUT2D eigenvalue weighted by molar-refractivity contribution is 5.85. The molecule has 0 bridgehead atoms. The molecule has 112 valence electrons. The van der Waals surface area contributed by atoms with Crippen LogP contribution in [0.15, 0.2) is 24.3 Å². The Bertz CT molecular complexity index is 526. The van der Waals surface area contributed by atoms with Crippen molar-refractivity contribution in [2.45, 2.75) is 45.1 Å². The maximum Gasteiger partial charge on any atom is 0.240 e. The number of hydrogen-bond acceptors (Lipinski definition) is 3. The van der Waals surface area contributed by atoms with Gasteiger partial charge in [0.25, 0.3) is 0 Å². The van der Waals surface area contributed by atoms with Crippen LogP contribution in [0.1, 0.15) is 44.1 Å². The summed E-state index contributed by atoms with van der Waals surface area (Å²) in [5.41, 5.74) is 0.0773. The van der Waals surface area contributed by atoms with Gasteiger partial charge in [-0.15, -0.1) is 0 Å². The summed E-state index contributed by atoms with van der Waals surface area (Å²) in [5.74, 6) is 0.613. The highest BCUT2D eigenvalue weighted by atomic mass is 16.5. The summed E-state index contributed by atoms with van der Waals surface area (Å²) in [4.78, 5) is 12.5. The van der Waals surface area contributed by atoms with Crippen LogP contribution >= 0.6 is 0 Å². The number of benzene rings is 1. The molecular formula is C17H22N2O2. The Morgan fingerprint density at radius 3 is 2.57 bits per heavy atom. The van der Waals surface area contributed by atoms with Gasteiger partial charge < -0.3 is 10.1 Å². The SMILES string of the molecule is COc1ccccc1CNC(=O)C1(C#N)CCCCCC1. The van der Waals surface area contributed by atoms with Crippen molar-refractivity contribution in [3.05, 3.63) is 29.8 Å². The second kappa shape index (κ2) is 7.12. The fourth-order valence-corrected chi connectivity index (χ4v) is 2.92. The van der Waals surface area contributed by atoms with Crippen LogP contribution in [0.25, 0.3) is 0 Å². The van der Waals surface area contributed by atoms with Crippen LogP contribution in [0.5, 0.6) is 5.75 Å². The van der Waals surface area contributed by atoms with Gasteiger partial charge in [0.05, 0.1) is 13.2 Å². The molecule has 0 heterocycles. The van der Waals surface area contributed by atoms with E-state index < -0.39 is 5.41 Å². The van der Waals surface area contributed by atoms with Crippen LogP contribution in [0, 0.1) is 16.7 Å². The maximum atomic E-state index is 12.5. The van der Waals surface area contributed by atoms with Crippen molar-refractivity contribution in [1.29, 1.82) is 5.26 Å². The number of nitrogens with zero attached hydrogens (tertiary/aromatic N) is 1. The summed E-state index contributed by atoms with van der Waals surface area (Å²) in [5, 5.41) is 12.4. The van der Waals surface area contributed by atoms with E-state index in [-0.39, 0.29) is 5.91 Å². The van der Waals surface area contributed by atoms with Crippen LogP contribution in [0.2, 0.25) is 0 Å². The third-order valence-corrected chi connectivity index (χ3v) is 4.24. The summed E-state index contributed by atoms with van der Waals surface area (Å²) in [6.07, 6.45) is 5.47. The Morgan fingerprint density at radius 1 is 1.29 bits per heavy atom. The monoisotopic (exact) mass is 286 g/mol. The lowest BCUT2D eigenvalue weighted by Gasteiger charge is -2.23. The molecule has 1 N–H and O–H groups in total. The Labute approximate surface area is 126 Å². The topological polar surface area (TPSA) is 62.1 Å². The normalized spacial score (nSPS) is 17.3. The number of ether oxygens (including phenoxy) is 1. The predicted octanol–water partition coefficient (Wildman–Crippen LogP) is 3.18. The Kier molecular flexibility index (Phi) is 5.21. The lowest BCUT2D eigenvalue weighted by molar-refractivity contribution is -0.129. The maximum absolute atomic E-state index is 12.5. The summed E-state index contributed by atoms with van der Waals surface area (Å²) in [6.45, 7) is 0.395. The first-order valence-corrected chi connectivity index (χ1v) is 7.53. The van der Waals surface area contributed by atoms with Gasteiger partial charge in [0.2, 0.25) is 5.91 Å². The number of nitriles is 1. The van der Waals surface area contributed by atoms with Gasteiger partial charge in [0.1, 0.15) is 11.2 Å². The van der Waals surface area contributed by atoms with E-state index in [4.69, 9.17) is 4.74 Å². The first-order chi connectivity index (χ1) is 10.2. The second-order valence-electron chi connectivity index (χ2n) is 5.60. The van der Waals surface area contributed by atoms with Crippen molar-refractivity contribution in [3.63, 3.8) is 0 Å². The van der Waals surface area contributed by atoms with Crippen LogP contribution in [-0.2, 0) is 11.3 Å². The van der Waals surface area contributed by atoms with Crippen molar-refractivity contribution in [2.24, 2.45) is 5.41 Å². The lowest BCUT2D eigenvalue weighted by atomic mass is 9.81. The summed E-state index contributed by atoms with van der Waals surface area (Å²) >= 11 is 0. The highest BCUT2D eigenvalue weighted by Crippen LogP contribution is 2.34. The molecule has 21 heavy (non-hydrogen) atoms. The number of para-hydroxylation sites is 1. The molecule has 1 aromatic carbocycles. The highest BCUT2D eigenvalue weighted by Gasteiger charge is 2.38. The molecule has 4 nitrogen and oxygen atoms in total. The fourth-order valence-electron chi connectivity index (χ4n) is 2.92. The standard InChI is InChI=1S/C17H22N2O2/c1-21-15-9-5-4-8-14(15)12-19-16(20)17(13-18)10-6-2-3-7-11-17/h4-5,8-9H,2-3,6-7,10-12H2,1H3,(H,19,20). The molecule has 1 aliphatic carbocycles. The molecule has 0 aromatic heterocycles. The zero-order valence-corrected chi connectivity index (χ0v) is 12.5. The van der Waals surface area contributed by atoms with Crippen LogP contribution in [0.3, 0.4) is 0 Å². The second-order valence-corrected chi connectivity index (χ2v) is 5.60. The third kappa shape index (κ3) is 3.55. The molecule has 0 atom stereocenters. The summed E-state index contributed by atoms with van der Waals surface area (Å²) < 4.78 is 5.28. The van der Waals surface area contributed by atoms with Gasteiger partial charge in [-0.1, -0.05) is 43.9 Å². The molecular weight excluding hydrogens is 264 g/mol. The van der Waals surface area contributed by atoms with E-state index in [1.165, 1.54) is 0 Å². The van der Waals surface area contributed by atoms with Crippen LogP contribution in [-0.4, -0.2) is 13.0 Å². The minimum atomic E-state index is -0.849. The fraction of sp³-hybridized carbons (Fsp3) is 0.529. The third-order valence-electron chi connectivity index (χ3n) is 4.24. The van der Waals surface area contributed by atoms with Gasteiger partial charge in [-0.3, -0.25) is 4.79 Å². The molecule has 1 fully saturated rings. The Hall–Kier alpha value is -2.02. The number of amides is 1. The number of nitrogens with one attached hydrogen (secondary N) is 1. The van der Waals surface area contributed by atoms with Crippen molar-refractivity contribution >= 4 is 5.91 Å². The molecule has 1 amide bonds. The van der Waals surface area contributed by atoms with Crippen molar-refractivity contribution in [2.75, 3.05) is 7.11 Å². The number of rotatable bonds is 4. The molecule has 0 aliphatic heterocycles. The van der Waals surface area contributed by atoms with E-state index in [1.54, 1.807) is 7.11 Å². The molecule has 0 unspecified atom stereocenters. The number of hydrogen-bond donors (Lipinski definition) is 1. The van der Waals surface area contributed by atoms with Gasteiger partial charge in [-0.25, -0.2) is 0 Å². The predicted molar refractivity (Wildman–Crippen MR) is 80.6 cm³/mol. The number of methoxy groups -OCH3 is 1. The smallest absolute Gasteiger partial charge is 0.240 e. The average molecular weight is 286 g/mol. The van der Waals surface area contributed by atoms with Crippen molar-refractivity contribution in [3.8, 4) is 11.8 Å². The number of carbonyl (C=O) groups excluding carboxylic acids is 1. The van der Waals surface area contributed by atoms with E-state index >= 15 is 0 Å². The quantitative estimate of drug-likeness (QED) is 0.865. The first-order valence-electron chi connectivity index (χ1n) is 7.53. The molecule has 0 saturated heterocycles. The molecule has 0 radical (unpaired) electrons. The zero-order chi connectivity index (χ0) is 15.1. The largest absolute Gasteiger partial charge is 0.496 e. The van der Waals surface area contributed by atoms with Crippen molar-refractivity contribution < 1.29 is 9.53 Å². The Balaban J connectivity index is 2.04. The van der Waals surface area contributed by atoms with Gasteiger partial charge >= 0.3 is 0 Å². The summed E-state index contributed by atoms with van der Waals surface area (Å²) in [6, 6.07) is 9.88. The van der Waals surface area contributed by atoms with Gasteiger partial charge in [0.15, 0.2) is 0 Å². The minimum absolute atomic E-state index is 0.141. The van der Waals surface area contributed by atoms with Gasteiger partial charge in [-0.05, 0) is 18.9 Å². The van der Waals surface area contributed by atoms with Crippen molar-refractivity contribution in [1.82, 2.24) is 5.32 Å². The molecule has 0 spiro atoms. The molecule has 1 aliphatic rings. The van der Waals surface area contributed by atoms with E-state index in [1.807, 2.05) is 24.3 Å². The Morgan fingerprint density at radius 2 is 1.95 bits per heavy atom. The number of carbonyl (C=O) groups is 1. The zero-order valence-electron chi connectivity index (χ0n) is 12.5. The van der Waals surface area contributed by atoms with Gasteiger partial charge in [-0.2, -0.15) is 5.26 Å². The lowest BCUT2D eigenvalue weighted by Crippen LogP contribution is -2.39. The van der Waals surface area contributed by atoms with E-state index in [0.717, 1.165) is 37.0 Å². The minimum Gasteiger partial charge on any atom is -0.496 e. The first kappa shape index (κ1) is 15.4. The molecule has 2 rings (SSSR count). The van der Waals surface area contributed by atoms with E-state index in [0.29, 0.717) is 19.4 Å². The average Bonchev–Trinajstić information content (AvgIpc) is 2.79. The van der Waals surface area contributed by atoms with Gasteiger partial charge in [0, 0.05) is 12.1 Å². The summed E-state index contributed by atoms with van der Waals surface area (Å²) in [7, 11) is 1.61. The molecule has 1 saturated carbocycles. The van der Waals surface area contributed by atoms with E-state index in [9.17, 15) is 10.1 Å². The van der Waals surface area contributed by atoms with Crippen LogP contribution < -0.4 is 10.1 Å². The van der Waals surface area contributed by atoms with Crippen LogP contribution in [0.4, 0.5) is 0 Å². The van der Waals surface area contributed by atoms with E-state index in [2.05, 4.69) is 11.4 Å². The molecule has 4 heteroatoms. The molecule has 1 aromatic rings.